The number of hydrogen-bond acceptors (Lipinski definition) is 2. The van der Waals surface area contributed by atoms with Crippen LogP contribution >= 0.6 is 0 Å². The molecule has 0 bridgehead atoms. The molecule has 0 amide bonds. The van der Waals surface area contributed by atoms with Gasteiger partial charge in [-0.1, -0.05) is 42.5 Å². The maximum absolute atomic E-state index is 11.1. The van der Waals surface area contributed by atoms with Crippen molar-refractivity contribution in [2.24, 2.45) is 5.92 Å². The minimum absolute atomic E-state index is 0.0623. The Morgan fingerprint density at radius 3 is 2.61 bits per heavy atom. The second-order valence-electron chi connectivity index (χ2n) is 4.64. The monoisotopic (exact) mass is 240 g/mol. The first-order valence-corrected chi connectivity index (χ1v) is 6.12. The highest BCUT2D eigenvalue weighted by Gasteiger charge is 2.12. The predicted molar refractivity (Wildman–Crippen MR) is 72.5 cm³/mol. The Balaban J connectivity index is 2.30. The summed E-state index contributed by atoms with van der Waals surface area (Å²) in [6.45, 7) is 1.53. The van der Waals surface area contributed by atoms with Gasteiger partial charge in [0.25, 0.3) is 0 Å². The summed E-state index contributed by atoms with van der Waals surface area (Å²) in [6, 6.07) is 14.2. The Bertz CT molecular complexity index is 567. The maximum atomic E-state index is 11.1. The van der Waals surface area contributed by atoms with Gasteiger partial charge in [-0.3, -0.25) is 0 Å². The third-order valence-electron chi connectivity index (χ3n) is 3.10. The first-order valence-electron chi connectivity index (χ1n) is 6.12. The molecule has 0 radical (unpaired) electrons. The van der Waals surface area contributed by atoms with Crippen LogP contribution < -0.4 is 0 Å². The molecule has 2 aromatic rings. The van der Waals surface area contributed by atoms with Crippen molar-refractivity contribution in [2.75, 3.05) is 0 Å². The summed E-state index contributed by atoms with van der Waals surface area (Å²) >= 11 is 0. The van der Waals surface area contributed by atoms with Gasteiger partial charge in [0.2, 0.25) is 0 Å². The molecule has 0 heterocycles. The molecule has 0 spiro atoms. The minimum atomic E-state index is -0.215. The van der Waals surface area contributed by atoms with Crippen LogP contribution in [0.1, 0.15) is 18.9 Å². The van der Waals surface area contributed by atoms with Gasteiger partial charge in [0.15, 0.2) is 0 Å². The zero-order valence-corrected chi connectivity index (χ0v) is 10.4. The summed E-state index contributed by atoms with van der Waals surface area (Å²) in [7, 11) is 0. The van der Waals surface area contributed by atoms with E-state index in [1.165, 1.54) is 12.3 Å². The number of benzene rings is 2. The topological polar surface area (TPSA) is 34.1 Å². The molecule has 2 rings (SSSR count). The first-order chi connectivity index (χ1) is 8.70. The van der Waals surface area contributed by atoms with Gasteiger partial charge in [-0.25, -0.2) is 0 Å². The van der Waals surface area contributed by atoms with Gasteiger partial charge in [0.05, 0.1) is 0 Å². The van der Waals surface area contributed by atoms with Crippen LogP contribution in [0.15, 0.2) is 42.5 Å². The normalized spacial score (nSPS) is 12.3. The number of carbonyl (C=O) groups is 2. The van der Waals surface area contributed by atoms with Crippen molar-refractivity contribution in [1.29, 1.82) is 0 Å². The van der Waals surface area contributed by atoms with Crippen molar-refractivity contribution in [3.63, 3.8) is 0 Å². The van der Waals surface area contributed by atoms with Gasteiger partial charge in [0.1, 0.15) is 12.1 Å². The third-order valence-corrected chi connectivity index (χ3v) is 3.10. The second kappa shape index (κ2) is 5.58. The molecule has 1 atom stereocenters. The first kappa shape index (κ1) is 12.5. The molecule has 0 saturated heterocycles. The molecule has 0 aliphatic heterocycles. The standard InChI is InChI=1S/C16H16O2/c1-12(18)9-13(11-17)10-15-7-4-6-14-5-2-3-8-16(14)15/h2-8,11,13H,9-10H2,1H3. The van der Waals surface area contributed by atoms with E-state index >= 15 is 0 Å². The summed E-state index contributed by atoms with van der Waals surface area (Å²) < 4.78 is 0. The zero-order valence-electron chi connectivity index (χ0n) is 10.4. The van der Waals surface area contributed by atoms with Gasteiger partial charge >= 0.3 is 0 Å². The molecule has 2 aromatic carbocycles. The van der Waals surface area contributed by atoms with Gasteiger partial charge in [0, 0.05) is 12.3 Å². The molecule has 0 fully saturated rings. The smallest absolute Gasteiger partial charge is 0.130 e. The molecule has 0 aliphatic rings. The van der Waals surface area contributed by atoms with E-state index in [0.29, 0.717) is 12.8 Å². The number of aldehydes is 1. The highest BCUT2D eigenvalue weighted by molar-refractivity contribution is 5.86. The van der Waals surface area contributed by atoms with Crippen molar-refractivity contribution < 1.29 is 9.59 Å². The van der Waals surface area contributed by atoms with Crippen LogP contribution in [0.2, 0.25) is 0 Å². The molecule has 1 unspecified atom stereocenters. The average Bonchev–Trinajstić information content (AvgIpc) is 2.38. The number of Topliss-reactive ketones (excluding diaryl/α,β-unsaturated/α-hetero) is 1. The van der Waals surface area contributed by atoms with E-state index in [-0.39, 0.29) is 11.7 Å². The molecular formula is C16H16O2. The summed E-state index contributed by atoms with van der Waals surface area (Å²) in [5.41, 5.74) is 1.13. The predicted octanol–water partition coefficient (Wildman–Crippen LogP) is 3.18. The molecule has 2 nitrogen and oxygen atoms in total. The Morgan fingerprint density at radius 2 is 1.89 bits per heavy atom. The molecule has 0 aromatic heterocycles. The van der Waals surface area contributed by atoms with Gasteiger partial charge < -0.3 is 9.59 Å². The number of hydrogen-bond donors (Lipinski definition) is 0. The number of rotatable bonds is 5. The minimum Gasteiger partial charge on any atom is -0.303 e. The van der Waals surface area contributed by atoms with E-state index in [0.717, 1.165) is 17.2 Å². The molecule has 18 heavy (non-hydrogen) atoms. The van der Waals surface area contributed by atoms with Crippen LogP contribution in [0, 0.1) is 5.92 Å². The highest BCUT2D eigenvalue weighted by Crippen LogP contribution is 2.21. The number of carbonyl (C=O) groups excluding carboxylic acids is 2. The summed E-state index contributed by atoms with van der Waals surface area (Å²) in [5, 5.41) is 2.33. The highest BCUT2D eigenvalue weighted by atomic mass is 16.1. The van der Waals surface area contributed by atoms with Gasteiger partial charge in [-0.05, 0) is 29.7 Å². The van der Waals surface area contributed by atoms with Crippen LogP contribution in [0.25, 0.3) is 10.8 Å². The van der Waals surface area contributed by atoms with E-state index in [1.54, 1.807) is 0 Å². The van der Waals surface area contributed by atoms with Crippen molar-refractivity contribution in [3.05, 3.63) is 48.0 Å². The molecule has 0 aliphatic carbocycles. The van der Waals surface area contributed by atoms with E-state index in [1.807, 2.05) is 24.3 Å². The largest absolute Gasteiger partial charge is 0.303 e. The fourth-order valence-electron chi connectivity index (χ4n) is 2.29. The lowest BCUT2D eigenvalue weighted by molar-refractivity contribution is -0.121. The molecule has 92 valence electrons. The lowest BCUT2D eigenvalue weighted by atomic mass is 9.93. The Labute approximate surface area is 107 Å². The van der Waals surface area contributed by atoms with Crippen LogP contribution in [-0.4, -0.2) is 12.1 Å². The zero-order chi connectivity index (χ0) is 13.0. The van der Waals surface area contributed by atoms with Crippen LogP contribution in [0.5, 0.6) is 0 Å². The van der Waals surface area contributed by atoms with Gasteiger partial charge in [-0.15, -0.1) is 0 Å². The Kier molecular flexibility index (Phi) is 3.88. The van der Waals surface area contributed by atoms with Gasteiger partial charge in [-0.2, -0.15) is 0 Å². The molecule has 0 N–H and O–H groups in total. The van der Waals surface area contributed by atoms with E-state index < -0.39 is 0 Å². The molecule has 0 saturated carbocycles. The lowest BCUT2D eigenvalue weighted by Crippen LogP contribution is -2.10. The van der Waals surface area contributed by atoms with Crippen LogP contribution in [0.3, 0.4) is 0 Å². The quantitative estimate of drug-likeness (QED) is 0.752. The SMILES string of the molecule is CC(=O)CC(C=O)Cc1cccc2ccccc12. The van der Waals surface area contributed by atoms with Crippen molar-refractivity contribution >= 4 is 22.8 Å². The average molecular weight is 240 g/mol. The van der Waals surface area contributed by atoms with Crippen LogP contribution in [-0.2, 0) is 16.0 Å². The van der Waals surface area contributed by atoms with E-state index in [9.17, 15) is 9.59 Å². The lowest BCUT2D eigenvalue weighted by Gasteiger charge is -2.10. The summed E-state index contributed by atoms with van der Waals surface area (Å²) in [5.74, 6) is -0.152. The maximum Gasteiger partial charge on any atom is 0.130 e. The number of ketones is 1. The van der Waals surface area contributed by atoms with E-state index in [2.05, 4.69) is 18.2 Å². The number of fused-ring (bicyclic) bond motifs is 1. The van der Waals surface area contributed by atoms with E-state index in [4.69, 9.17) is 0 Å². The van der Waals surface area contributed by atoms with Crippen LogP contribution in [0.4, 0.5) is 0 Å². The summed E-state index contributed by atoms with van der Waals surface area (Å²) in [6.07, 6.45) is 1.85. The van der Waals surface area contributed by atoms with Crippen molar-refractivity contribution in [3.8, 4) is 0 Å². The Hall–Kier alpha value is -1.96. The fraction of sp³-hybridized carbons (Fsp3) is 0.250. The molecule has 2 heteroatoms. The second-order valence-corrected chi connectivity index (χ2v) is 4.64. The molecular weight excluding hydrogens is 224 g/mol. The van der Waals surface area contributed by atoms with Crippen molar-refractivity contribution in [2.45, 2.75) is 19.8 Å². The fourth-order valence-corrected chi connectivity index (χ4v) is 2.29. The summed E-state index contributed by atoms with van der Waals surface area (Å²) in [4.78, 5) is 22.1. The van der Waals surface area contributed by atoms with Crippen molar-refractivity contribution in [1.82, 2.24) is 0 Å². The third kappa shape index (κ3) is 2.83. The Morgan fingerprint density at radius 1 is 1.17 bits per heavy atom.